The summed E-state index contributed by atoms with van der Waals surface area (Å²) in [5.74, 6) is -0.595. The van der Waals surface area contributed by atoms with Crippen LogP contribution in [-0.2, 0) is 19.6 Å². The topological polar surface area (TPSA) is 72.9 Å². The van der Waals surface area contributed by atoms with E-state index in [0.717, 1.165) is 0 Å². The van der Waals surface area contributed by atoms with Gasteiger partial charge in [0, 0.05) is 7.05 Å². The number of nitrogens with zero attached hydrogens (tertiary/aromatic N) is 1. The molecule has 0 aliphatic carbocycles. The molecule has 1 aromatic rings. The molecule has 0 bridgehead atoms. The average Bonchev–Trinajstić information content (AvgIpc) is 2.36. The van der Waals surface area contributed by atoms with Crippen molar-refractivity contribution >= 4 is 16.0 Å². The van der Waals surface area contributed by atoms with Gasteiger partial charge in [0.05, 0.1) is 24.7 Å². The number of hydrogen-bond donors (Lipinski definition) is 0. The summed E-state index contributed by atoms with van der Waals surface area (Å²) in [6, 6.07) is 5.54. The molecule has 0 aliphatic heterocycles. The molecule has 0 N–H and O–H groups in total. The highest BCUT2D eigenvalue weighted by Crippen LogP contribution is 2.16. The summed E-state index contributed by atoms with van der Waals surface area (Å²) in [6.45, 7) is 0. The van der Waals surface area contributed by atoms with E-state index in [1.165, 1.54) is 45.5 Å². The molecule has 0 saturated carbocycles. The summed E-state index contributed by atoms with van der Waals surface area (Å²) in [4.78, 5) is 15.9. The molecule has 0 unspecified atom stereocenters. The van der Waals surface area contributed by atoms with E-state index in [1.807, 2.05) is 0 Å². The van der Waals surface area contributed by atoms with Gasteiger partial charge in [0.15, 0.2) is 0 Å². The minimum Gasteiger partial charge on any atom is -0.465 e. The molecule has 0 atom stereocenters. The molecular weight excluding hydrogens is 246 g/mol. The van der Waals surface area contributed by atoms with Crippen molar-refractivity contribution in [3.63, 3.8) is 0 Å². The lowest BCUT2D eigenvalue weighted by Crippen LogP contribution is -2.25. The Kier molecular flexibility index (Phi) is 4.22. The van der Waals surface area contributed by atoms with Crippen molar-refractivity contribution in [2.75, 3.05) is 21.3 Å². The van der Waals surface area contributed by atoms with E-state index < -0.39 is 16.0 Å². The minimum absolute atomic E-state index is 0.0373. The Hall–Kier alpha value is -1.44. The van der Waals surface area contributed by atoms with Gasteiger partial charge in [0.25, 0.3) is 10.0 Å². The van der Waals surface area contributed by atoms with E-state index in [9.17, 15) is 13.2 Å². The molecule has 0 heterocycles. The summed E-state index contributed by atoms with van der Waals surface area (Å²) in [7, 11) is -0.0211. The first-order valence-corrected chi connectivity index (χ1v) is 6.09. The molecule has 0 saturated heterocycles. The lowest BCUT2D eigenvalue weighted by atomic mass is 10.2. The van der Waals surface area contributed by atoms with Crippen molar-refractivity contribution in [1.29, 1.82) is 0 Å². The number of sulfonamides is 1. The standard InChI is InChI=1S/C10H13NO5S/c1-11(16-3)17(13,14)9-6-4-5-8(7-9)10(12)15-2/h4-7H,1-3H3. The number of carbonyl (C=O) groups is 1. The number of hydroxylamine groups is 1. The Morgan fingerprint density at radius 3 is 2.47 bits per heavy atom. The van der Waals surface area contributed by atoms with Gasteiger partial charge in [-0.15, -0.1) is 0 Å². The van der Waals surface area contributed by atoms with Crippen LogP contribution in [0, 0.1) is 0 Å². The highest BCUT2D eigenvalue weighted by Gasteiger charge is 2.21. The van der Waals surface area contributed by atoms with Crippen LogP contribution in [0.2, 0.25) is 0 Å². The number of esters is 1. The smallest absolute Gasteiger partial charge is 0.337 e. The van der Waals surface area contributed by atoms with E-state index in [4.69, 9.17) is 0 Å². The zero-order valence-electron chi connectivity index (χ0n) is 9.71. The van der Waals surface area contributed by atoms with Crippen LogP contribution in [0.25, 0.3) is 0 Å². The second kappa shape index (κ2) is 5.26. The van der Waals surface area contributed by atoms with Crippen LogP contribution in [0.5, 0.6) is 0 Å². The zero-order chi connectivity index (χ0) is 13.1. The van der Waals surface area contributed by atoms with Gasteiger partial charge >= 0.3 is 5.97 Å². The fourth-order valence-electron chi connectivity index (χ4n) is 1.15. The highest BCUT2D eigenvalue weighted by molar-refractivity contribution is 7.89. The molecular formula is C10H13NO5S. The number of ether oxygens (including phenoxy) is 1. The first kappa shape index (κ1) is 13.6. The summed E-state index contributed by atoms with van der Waals surface area (Å²) in [5.41, 5.74) is 0.165. The largest absolute Gasteiger partial charge is 0.465 e. The van der Waals surface area contributed by atoms with Gasteiger partial charge in [-0.1, -0.05) is 10.5 Å². The Bertz CT molecular complexity index is 511. The van der Waals surface area contributed by atoms with Crippen LogP contribution < -0.4 is 0 Å². The Morgan fingerprint density at radius 1 is 1.29 bits per heavy atom. The predicted molar refractivity (Wildman–Crippen MR) is 59.7 cm³/mol. The van der Waals surface area contributed by atoms with Gasteiger partial charge < -0.3 is 4.74 Å². The van der Waals surface area contributed by atoms with Crippen molar-refractivity contribution in [3.8, 4) is 0 Å². The van der Waals surface area contributed by atoms with E-state index >= 15 is 0 Å². The number of hydrogen-bond acceptors (Lipinski definition) is 5. The monoisotopic (exact) mass is 259 g/mol. The molecule has 0 aliphatic rings. The summed E-state index contributed by atoms with van der Waals surface area (Å²) in [5, 5.41) is 0. The van der Waals surface area contributed by atoms with Gasteiger partial charge in [-0.3, -0.25) is 4.84 Å². The quantitative estimate of drug-likeness (QED) is 0.586. The van der Waals surface area contributed by atoms with Gasteiger partial charge in [0.1, 0.15) is 0 Å². The second-order valence-electron chi connectivity index (χ2n) is 3.12. The van der Waals surface area contributed by atoms with E-state index in [0.29, 0.717) is 4.47 Å². The number of rotatable bonds is 4. The van der Waals surface area contributed by atoms with Crippen LogP contribution in [0.3, 0.4) is 0 Å². The maximum Gasteiger partial charge on any atom is 0.337 e. The van der Waals surface area contributed by atoms with E-state index in [-0.39, 0.29) is 10.5 Å². The Labute approximate surface area is 99.8 Å². The third-order valence-electron chi connectivity index (χ3n) is 2.15. The van der Waals surface area contributed by atoms with Crippen LogP contribution >= 0.6 is 0 Å². The molecule has 7 heteroatoms. The molecule has 0 spiro atoms. The van der Waals surface area contributed by atoms with Crippen LogP contribution in [0.15, 0.2) is 29.2 Å². The van der Waals surface area contributed by atoms with E-state index in [1.54, 1.807) is 0 Å². The first-order chi connectivity index (χ1) is 7.93. The van der Waals surface area contributed by atoms with Gasteiger partial charge in [-0.25, -0.2) is 13.2 Å². The second-order valence-corrected chi connectivity index (χ2v) is 5.05. The minimum atomic E-state index is -3.75. The molecule has 1 rings (SSSR count). The van der Waals surface area contributed by atoms with Crippen molar-refractivity contribution in [2.45, 2.75) is 4.90 Å². The van der Waals surface area contributed by atoms with Crippen LogP contribution in [0.1, 0.15) is 10.4 Å². The summed E-state index contributed by atoms with van der Waals surface area (Å²) < 4.78 is 29.0. The van der Waals surface area contributed by atoms with Gasteiger partial charge in [0.2, 0.25) is 0 Å². The molecule has 0 aromatic heterocycles. The Balaban J connectivity index is 3.21. The molecule has 1 aromatic carbocycles. The van der Waals surface area contributed by atoms with Crippen LogP contribution in [-0.4, -0.2) is 40.1 Å². The molecule has 6 nitrogen and oxygen atoms in total. The average molecular weight is 259 g/mol. The lowest BCUT2D eigenvalue weighted by Gasteiger charge is -2.14. The number of benzene rings is 1. The molecule has 94 valence electrons. The predicted octanol–water partition coefficient (Wildman–Crippen LogP) is 0.655. The fraction of sp³-hybridized carbons (Fsp3) is 0.300. The third kappa shape index (κ3) is 2.82. The Morgan fingerprint density at radius 2 is 1.94 bits per heavy atom. The molecule has 0 fully saturated rings. The SMILES string of the molecule is COC(=O)c1cccc(S(=O)(=O)N(C)OC)c1. The van der Waals surface area contributed by atoms with Crippen molar-refractivity contribution in [3.05, 3.63) is 29.8 Å². The normalized spacial score (nSPS) is 11.5. The number of carbonyl (C=O) groups excluding carboxylic acids is 1. The van der Waals surface area contributed by atoms with E-state index in [2.05, 4.69) is 9.57 Å². The lowest BCUT2D eigenvalue weighted by molar-refractivity contribution is -0.0258. The molecule has 0 amide bonds. The maximum atomic E-state index is 11.9. The molecule has 17 heavy (non-hydrogen) atoms. The first-order valence-electron chi connectivity index (χ1n) is 4.65. The van der Waals surface area contributed by atoms with Crippen molar-refractivity contribution in [1.82, 2.24) is 4.47 Å². The molecule has 0 radical (unpaired) electrons. The van der Waals surface area contributed by atoms with Gasteiger partial charge in [-0.05, 0) is 18.2 Å². The third-order valence-corrected chi connectivity index (χ3v) is 3.82. The summed E-state index contributed by atoms with van der Waals surface area (Å²) >= 11 is 0. The number of methoxy groups -OCH3 is 1. The highest BCUT2D eigenvalue weighted by atomic mass is 32.2. The van der Waals surface area contributed by atoms with Crippen LogP contribution in [0.4, 0.5) is 0 Å². The van der Waals surface area contributed by atoms with Crippen molar-refractivity contribution in [2.24, 2.45) is 0 Å². The summed E-state index contributed by atoms with van der Waals surface area (Å²) in [6.07, 6.45) is 0. The van der Waals surface area contributed by atoms with Gasteiger partial charge in [-0.2, -0.15) is 0 Å². The zero-order valence-corrected chi connectivity index (χ0v) is 10.5. The van der Waals surface area contributed by atoms with Crippen molar-refractivity contribution < 1.29 is 22.8 Å². The maximum absolute atomic E-state index is 11.9. The fourth-order valence-corrected chi connectivity index (χ4v) is 2.17.